The molecule has 1 heterocycles. The van der Waals surface area contributed by atoms with E-state index in [1.165, 1.54) is 12.1 Å². The molecule has 1 atom stereocenters. The lowest BCUT2D eigenvalue weighted by molar-refractivity contribution is -0.402. The molecule has 1 aliphatic rings. The van der Waals surface area contributed by atoms with Gasteiger partial charge in [-0.2, -0.15) is 0 Å². The van der Waals surface area contributed by atoms with Crippen molar-refractivity contribution in [3.63, 3.8) is 0 Å². The van der Waals surface area contributed by atoms with Gasteiger partial charge in [-0.05, 0) is 18.9 Å². The number of aliphatic carboxylic acids is 1. The van der Waals surface area contributed by atoms with Gasteiger partial charge in [-0.15, -0.1) is 0 Å². The Bertz CT molecular complexity index is 449. The van der Waals surface area contributed by atoms with Crippen LogP contribution in [0.5, 0.6) is 0 Å². The number of rotatable bonds is 4. The molecule has 1 fully saturated rings. The highest BCUT2D eigenvalue weighted by Gasteiger charge is 2.55. The van der Waals surface area contributed by atoms with Crippen molar-refractivity contribution in [1.29, 1.82) is 0 Å². The van der Waals surface area contributed by atoms with E-state index in [0.717, 1.165) is 0 Å². The fourth-order valence-corrected chi connectivity index (χ4v) is 1.78. The molecule has 0 radical (unpaired) electrons. The van der Waals surface area contributed by atoms with E-state index >= 15 is 0 Å². The Morgan fingerprint density at radius 3 is 2.62 bits per heavy atom. The standard InChI is InChI=1S/C9H10N2O5/c10-7(8(12)13)9(3-4-9)5-1-2-6(16-5)11(14)15/h1-2,7H,3-4,10H2,(H,12,13). The van der Waals surface area contributed by atoms with E-state index in [2.05, 4.69) is 0 Å². The van der Waals surface area contributed by atoms with Gasteiger partial charge in [0.15, 0.2) is 0 Å². The number of nitrogens with zero attached hydrogens (tertiary/aromatic N) is 1. The van der Waals surface area contributed by atoms with Crippen LogP contribution in [0.4, 0.5) is 5.88 Å². The number of hydrogen-bond donors (Lipinski definition) is 2. The van der Waals surface area contributed by atoms with Crippen LogP contribution >= 0.6 is 0 Å². The summed E-state index contributed by atoms with van der Waals surface area (Å²) in [6.45, 7) is 0. The highest BCUT2D eigenvalue weighted by molar-refractivity contribution is 5.76. The van der Waals surface area contributed by atoms with Gasteiger partial charge in [-0.3, -0.25) is 14.9 Å². The monoisotopic (exact) mass is 226 g/mol. The molecule has 0 aliphatic heterocycles. The summed E-state index contributed by atoms with van der Waals surface area (Å²) < 4.78 is 5.00. The van der Waals surface area contributed by atoms with Gasteiger partial charge >= 0.3 is 11.9 Å². The second-order valence-electron chi connectivity index (χ2n) is 3.87. The molecule has 3 N–H and O–H groups in total. The predicted molar refractivity (Wildman–Crippen MR) is 51.9 cm³/mol. The molecule has 7 heteroatoms. The zero-order valence-corrected chi connectivity index (χ0v) is 8.25. The van der Waals surface area contributed by atoms with Crippen molar-refractivity contribution in [3.05, 3.63) is 28.0 Å². The molecular weight excluding hydrogens is 216 g/mol. The summed E-state index contributed by atoms with van der Waals surface area (Å²) in [7, 11) is 0. The Labute approximate surface area is 90.0 Å². The van der Waals surface area contributed by atoms with Gasteiger partial charge in [-0.1, -0.05) is 0 Å². The minimum absolute atomic E-state index is 0.286. The van der Waals surface area contributed by atoms with Gasteiger partial charge in [0.1, 0.15) is 16.7 Å². The Hall–Kier alpha value is -1.89. The highest BCUT2D eigenvalue weighted by Crippen LogP contribution is 2.51. The van der Waals surface area contributed by atoms with Gasteiger partial charge in [0.05, 0.1) is 11.5 Å². The third kappa shape index (κ3) is 1.45. The number of carboxylic acid groups (broad SMARTS) is 1. The van der Waals surface area contributed by atoms with Crippen molar-refractivity contribution in [2.45, 2.75) is 24.3 Å². The van der Waals surface area contributed by atoms with E-state index in [0.29, 0.717) is 12.8 Å². The maximum atomic E-state index is 10.8. The van der Waals surface area contributed by atoms with Crippen LogP contribution in [0.1, 0.15) is 18.6 Å². The SMILES string of the molecule is NC(C(=O)O)C1(c2ccc([N+](=O)[O-])o2)CC1. The normalized spacial score (nSPS) is 19.1. The van der Waals surface area contributed by atoms with Crippen LogP contribution in [-0.4, -0.2) is 22.0 Å². The van der Waals surface area contributed by atoms with Crippen LogP contribution in [0.2, 0.25) is 0 Å². The zero-order valence-electron chi connectivity index (χ0n) is 8.25. The Kier molecular flexibility index (Phi) is 2.20. The van der Waals surface area contributed by atoms with Crippen LogP contribution in [0.3, 0.4) is 0 Å². The molecular formula is C9H10N2O5. The van der Waals surface area contributed by atoms with E-state index in [9.17, 15) is 14.9 Å². The van der Waals surface area contributed by atoms with Crippen molar-refractivity contribution < 1.29 is 19.2 Å². The summed E-state index contributed by atoms with van der Waals surface area (Å²) in [6.07, 6.45) is 1.15. The molecule has 16 heavy (non-hydrogen) atoms. The third-order valence-corrected chi connectivity index (χ3v) is 2.91. The van der Waals surface area contributed by atoms with E-state index in [4.69, 9.17) is 15.3 Å². The van der Waals surface area contributed by atoms with E-state index in [1.807, 2.05) is 0 Å². The van der Waals surface area contributed by atoms with E-state index in [-0.39, 0.29) is 11.6 Å². The van der Waals surface area contributed by atoms with Crippen molar-refractivity contribution in [2.24, 2.45) is 5.73 Å². The topological polar surface area (TPSA) is 120 Å². The quantitative estimate of drug-likeness (QED) is 0.573. The first kappa shape index (κ1) is 10.6. The highest BCUT2D eigenvalue weighted by atomic mass is 16.6. The molecule has 2 rings (SSSR count). The largest absolute Gasteiger partial charge is 0.480 e. The van der Waals surface area contributed by atoms with Crippen LogP contribution in [-0.2, 0) is 10.2 Å². The first-order chi connectivity index (χ1) is 7.47. The lowest BCUT2D eigenvalue weighted by Crippen LogP contribution is -2.41. The molecule has 1 aromatic rings. The zero-order chi connectivity index (χ0) is 11.9. The van der Waals surface area contributed by atoms with Crippen LogP contribution in [0, 0.1) is 10.1 Å². The fraction of sp³-hybridized carbons (Fsp3) is 0.444. The Morgan fingerprint density at radius 2 is 2.25 bits per heavy atom. The first-order valence-electron chi connectivity index (χ1n) is 4.70. The van der Waals surface area contributed by atoms with Crippen LogP contribution in [0.25, 0.3) is 0 Å². The number of carbonyl (C=O) groups is 1. The van der Waals surface area contributed by atoms with Crippen LogP contribution in [0.15, 0.2) is 16.5 Å². The Balaban J connectivity index is 2.30. The number of furan rings is 1. The molecule has 0 bridgehead atoms. The average Bonchev–Trinajstić information content (AvgIpc) is 2.87. The second-order valence-corrected chi connectivity index (χ2v) is 3.87. The molecule has 86 valence electrons. The molecule has 1 aromatic heterocycles. The van der Waals surface area contributed by atoms with E-state index in [1.54, 1.807) is 0 Å². The summed E-state index contributed by atoms with van der Waals surface area (Å²) in [6, 6.07) is 1.55. The van der Waals surface area contributed by atoms with Crippen molar-refractivity contribution >= 4 is 11.9 Å². The van der Waals surface area contributed by atoms with E-state index < -0.39 is 22.3 Å². The third-order valence-electron chi connectivity index (χ3n) is 2.91. The summed E-state index contributed by atoms with van der Waals surface area (Å²) in [5.74, 6) is -1.23. The van der Waals surface area contributed by atoms with Gasteiger partial charge in [0.2, 0.25) is 0 Å². The summed E-state index contributed by atoms with van der Waals surface area (Å²) in [4.78, 5) is 20.6. The predicted octanol–water partition coefficient (Wildman–Crippen LogP) is 0.631. The summed E-state index contributed by atoms with van der Waals surface area (Å²) in [5, 5.41) is 19.3. The number of hydrogen-bond acceptors (Lipinski definition) is 5. The first-order valence-corrected chi connectivity index (χ1v) is 4.70. The molecule has 1 unspecified atom stereocenters. The maximum absolute atomic E-state index is 10.8. The minimum Gasteiger partial charge on any atom is -0.480 e. The van der Waals surface area contributed by atoms with Gasteiger partial charge in [0.25, 0.3) is 0 Å². The van der Waals surface area contributed by atoms with Crippen molar-refractivity contribution in [3.8, 4) is 0 Å². The second kappa shape index (κ2) is 3.31. The van der Waals surface area contributed by atoms with Gasteiger partial charge in [0, 0.05) is 0 Å². The van der Waals surface area contributed by atoms with Crippen molar-refractivity contribution in [2.75, 3.05) is 0 Å². The fourth-order valence-electron chi connectivity index (χ4n) is 1.78. The number of nitrogens with two attached hydrogens (primary N) is 1. The van der Waals surface area contributed by atoms with Gasteiger partial charge < -0.3 is 15.3 Å². The minimum atomic E-state index is -1.13. The smallest absolute Gasteiger partial charge is 0.433 e. The lowest BCUT2D eigenvalue weighted by Gasteiger charge is -2.16. The van der Waals surface area contributed by atoms with Crippen molar-refractivity contribution in [1.82, 2.24) is 0 Å². The average molecular weight is 226 g/mol. The van der Waals surface area contributed by atoms with Crippen LogP contribution < -0.4 is 5.73 Å². The molecule has 0 spiro atoms. The Morgan fingerprint density at radius 1 is 1.62 bits per heavy atom. The molecule has 7 nitrogen and oxygen atoms in total. The summed E-state index contributed by atoms with van der Waals surface area (Å²) >= 11 is 0. The number of carboxylic acids is 1. The summed E-state index contributed by atoms with van der Waals surface area (Å²) in [5.41, 5.74) is 4.78. The lowest BCUT2D eigenvalue weighted by atomic mass is 9.94. The van der Waals surface area contributed by atoms with Gasteiger partial charge in [-0.25, -0.2) is 0 Å². The number of nitro groups is 1. The molecule has 0 saturated heterocycles. The molecule has 1 aliphatic carbocycles. The molecule has 0 aromatic carbocycles. The maximum Gasteiger partial charge on any atom is 0.433 e. The molecule has 0 amide bonds. The molecule has 1 saturated carbocycles.